The van der Waals surface area contributed by atoms with Crippen molar-refractivity contribution in [2.45, 2.75) is 40.2 Å². The van der Waals surface area contributed by atoms with Crippen molar-refractivity contribution in [1.82, 2.24) is 20.3 Å². The Hall–Kier alpha value is -2.12. The molecular formula is C13H24N6O2. The largest absolute Gasteiger partial charge is 0.461 e. The fourth-order valence-corrected chi connectivity index (χ4v) is 1.43. The quantitative estimate of drug-likeness (QED) is 0.585. The number of aromatic nitrogens is 3. The Labute approximate surface area is 125 Å². The average Bonchev–Trinajstić information content (AvgIpc) is 2.40. The van der Waals surface area contributed by atoms with Crippen LogP contribution in [0.5, 0.6) is 6.01 Å². The minimum atomic E-state index is -0.0680. The molecule has 1 heterocycles. The lowest BCUT2D eigenvalue weighted by molar-refractivity contribution is -0.118. The molecular weight excluding hydrogens is 272 g/mol. The first-order chi connectivity index (χ1) is 10.0. The molecule has 1 aromatic heterocycles. The Balaban J connectivity index is 2.68. The third kappa shape index (κ3) is 7.28. The first kappa shape index (κ1) is 16.9. The minimum Gasteiger partial charge on any atom is -0.461 e. The van der Waals surface area contributed by atoms with E-state index in [1.807, 2.05) is 13.8 Å². The molecule has 0 radical (unpaired) electrons. The SMILES string of the molecule is CCCNc1nc(NCCNC(C)=O)nc(OC(C)C)n1. The fraction of sp³-hybridized carbons (Fsp3) is 0.692. The predicted molar refractivity (Wildman–Crippen MR) is 81.5 cm³/mol. The van der Waals surface area contributed by atoms with Crippen LogP contribution in [0.1, 0.15) is 34.1 Å². The fourth-order valence-electron chi connectivity index (χ4n) is 1.43. The van der Waals surface area contributed by atoms with Crippen molar-refractivity contribution in [2.24, 2.45) is 0 Å². The zero-order valence-corrected chi connectivity index (χ0v) is 13.1. The molecule has 0 atom stereocenters. The van der Waals surface area contributed by atoms with Crippen LogP contribution >= 0.6 is 0 Å². The van der Waals surface area contributed by atoms with Gasteiger partial charge in [0.2, 0.25) is 17.8 Å². The van der Waals surface area contributed by atoms with Gasteiger partial charge in [-0.05, 0) is 20.3 Å². The molecule has 0 saturated carbocycles. The monoisotopic (exact) mass is 296 g/mol. The first-order valence-electron chi connectivity index (χ1n) is 7.16. The van der Waals surface area contributed by atoms with Crippen LogP contribution in [0.4, 0.5) is 11.9 Å². The van der Waals surface area contributed by atoms with E-state index >= 15 is 0 Å². The minimum absolute atomic E-state index is 0.0151. The van der Waals surface area contributed by atoms with E-state index in [0.717, 1.165) is 13.0 Å². The summed E-state index contributed by atoms with van der Waals surface area (Å²) < 4.78 is 5.51. The van der Waals surface area contributed by atoms with Crippen LogP contribution in [-0.4, -0.2) is 46.6 Å². The maximum absolute atomic E-state index is 10.8. The summed E-state index contributed by atoms with van der Waals surface area (Å²) in [7, 11) is 0. The lowest BCUT2D eigenvalue weighted by Gasteiger charge is -2.12. The van der Waals surface area contributed by atoms with Gasteiger partial charge in [-0.3, -0.25) is 4.79 Å². The van der Waals surface area contributed by atoms with Gasteiger partial charge in [0.25, 0.3) is 0 Å². The third-order valence-electron chi connectivity index (χ3n) is 2.27. The van der Waals surface area contributed by atoms with Gasteiger partial charge in [-0.25, -0.2) is 0 Å². The summed E-state index contributed by atoms with van der Waals surface area (Å²) in [5.74, 6) is 0.829. The first-order valence-corrected chi connectivity index (χ1v) is 7.16. The Morgan fingerprint density at radius 1 is 1.10 bits per heavy atom. The lowest BCUT2D eigenvalue weighted by atomic mass is 10.5. The van der Waals surface area contributed by atoms with Gasteiger partial charge >= 0.3 is 6.01 Å². The maximum Gasteiger partial charge on any atom is 0.323 e. The van der Waals surface area contributed by atoms with Gasteiger partial charge in [0.15, 0.2) is 0 Å². The molecule has 0 aliphatic carbocycles. The summed E-state index contributed by atoms with van der Waals surface area (Å²) in [6.07, 6.45) is 0.954. The molecule has 0 unspecified atom stereocenters. The molecule has 0 aromatic carbocycles. The van der Waals surface area contributed by atoms with Crippen LogP contribution < -0.4 is 20.7 Å². The number of hydrogen-bond acceptors (Lipinski definition) is 7. The summed E-state index contributed by atoms with van der Waals surface area (Å²) in [6, 6.07) is 0.278. The smallest absolute Gasteiger partial charge is 0.323 e. The van der Waals surface area contributed by atoms with E-state index in [0.29, 0.717) is 25.0 Å². The molecule has 3 N–H and O–H groups in total. The van der Waals surface area contributed by atoms with Gasteiger partial charge in [0.1, 0.15) is 0 Å². The standard InChI is InChI=1S/C13H24N6O2/c1-5-6-15-11-17-12(16-8-7-14-10(4)20)19-13(18-11)21-9(2)3/h9H,5-8H2,1-4H3,(H,14,20)(H2,15,16,17,18,19). The second-order valence-corrected chi connectivity index (χ2v) is 4.77. The van der Waals surface area contributed by atoms with E-state index < -0.39 is 0 Å². The summed E-state index contributed by atoms with van der Waals surface area (Å²) in [5.41, 5.74) is 0. The molecule has 0 saturated heterocycles. The Morgan fingerprint density at radius 2 is 1.71 bits per heavy atom. The van der Waals surface area contributed by atoms with Crippen molar-refractivity contribution in [3.8, 4) is 6.01 Å². The van der Waals surface area contributed by atoms with E-state index in [9.17, 15) is 4.79 Å². The van der Waals surface area contributed by atoms with E-state index in [1.165, 1.54) is 6.92 Å². The summed E-state index contributed by atoms with van der Waals surface area (Å²) in [6.45, 7) is 9.16. The van der Waals surface area contributed by atoms with Crippen molar-refractivity contribution in [2.75, 3.05) is 30.3 Å². The van der Waals surface area contributed by atoms with Gasteiger partial charge in [-0.15, -0.1) is 0 Å². The van der Waals surface area contributed by atoms with Gasteiger partial charge in [0.05, 0.1) is 6.10 Å². The number of nitrogens with one attached hydrogen (secondary N) is 3. The zero-order chi connectivity index (χ0) is 15.7. The second kappa shape index (κ2) is 8.93. The van der Waals surface area contributed by atoms with Crippen molar-refractivity contribution in [3.05, 3.63) is 0 Å². The average molecular weight is 296 g/mol. The Morgan fingerprint density at radius 3 is 2.24 bits per heavy atom. The van der Waals surface area contributed by atoms with Gasteiger partial charge in [-0.2, -0.15) is 15.0 Å². The number of hydrogen-bond donors (Lipinski definition) is 3. The highest BCUT2D eigenvalue weighted by molar-refractivity contribution is 5.72. The summed E-state index contributed by atoms with van der Waals surface area (Å²) >= 11 is 0. The zero-order valence-electron chi connectivity index (χ0n) is 13.1. The third-order valence-corrected chi connectivity index (χ3v) is 2.27. The van der Waals surface area contributed by atoms with Gasteiger partial charge in [0, 0.05) is 26.6 Å². The second-order valence-electron chi connectivity index (χ2n) is 4.77. The van der Waals surface area contributed by atoms with Crippen LogP contribution in [0.25, 0.3) is 0 Å². The molecule has 0 aliphatic heterocycles. The van der Waals surface area contributed by atoms with Gasteiger partial charge < -0.3 is 20.7 Å². The molecule has 0 spiro atoms. The van der Waals surface area contributed by atoms with E-state index in [4.69, 9.17) is 4.74 Å². The molecule has 0 bridgehead atoms. The van der Waals surface area contributed by atoms with Crippen LogP contribution in [-0.2, 0) is 4.79 Å². The molecule has 0 aliphatic rings. The van der Waals surface area contributed by atoms with Gasteiger partial charge in [-0.1, -0.05) is 6.92 Å². The van der Waals surface area contributed by atoms with Crippen LogP contribution in [0.2, 0.25) is 0 Å². The molecule has 1 aromatic rings. The molecule has 0 fully saturated rings. The number of carbonyl (C=O) groups is 1. The number of anilines is 2. The van der Waals surface area contributed by atoms with Crippen LogP contribution in [0, 0.1) is 0 Å². The highest BCUT2D eigenvalue weighted by Gasteiger charge is 2.08. The van der Waals surface area contributed by atoms with E-state index in [1.54, 1.807) is 0 Å². The highest BCUT2D eigenvalue weighted by atomic mass is 16.5. The van der Waals surface area contributed by atoms with Crippen molar-refractivity contribution < 1.29 is 9.53 Å². The number of nitrogens with zero attached hydrogens (tertiary/aromatic N) is 3. The van der Waals surface area contributed by atoms with E-state index in [2.05, 4.69) is 37.8 Å². The van der Waals surface area contributed by atoms with Crippen molar-refractivity contribution in [3.63, 3.8) is 0 Å². The van der Waals surface area contributed by atoms with E-state index in [-0.39, 0.29) is 18.0 Å². The highest BCUT2D eigenvalue weighted by Crippen LogP contribution is 2.12. The molecule has 21 heavy (non-hydrogen) atoms. The van der Waals surface area contributed by atoms with Crippen LogP contribution in [0.15, 0.2) is 0 Å². The number of rotatable bonds is 9. The summed E-state index contributed by atoms with van der Waals surface area (Å²) in [4.78, 5) is 23.4. The maximum atomic E-state index is 10.8. The topological polar surface area (TPSA) is 101 Å². The van der Waals surface area contributed by atoms with Crippen LogP contribution in [0.3, 0.4) is 0 Å². The number of amides is 1. The molecule has 8 heteroatoms. The Kier molecular flexibility index (Phi) is 7.20. The molecule has 118 valence electrons. The summed E-state index contributed by atoms with van der Waals surface area (Å²) in [5, 5.41) is 8.83. The molecule has 1 amide bonds. The lowest BCUT2D eigenvalue weighted by Crippen LogP contribution is -2.27. The predicted octanol–water partition coefficient (Wildman–Crippen LogP) is 1.03. The van der Waals surface area contributed by atoms with Crippen molar-refractivity contribution in [1.29, 1.82) is 0 Å². The van der Waals surface area contributed by atoms with Crippen molar-refractivity contribution >= 4 is 17.8 Å². The number of ether oxygens (including phenoxy) is 1. The Bertz CT molecular complexity index is 452. The molecule has 1 rings (SSSR count). The molecule has 8 nitrogen and oxygen atoms in total. The normalized spacial score (nSPS) is 10.3. The number of carbonyl (C=O) groups excluding carboxylic acids is 1.